The Bertz CT molecular complexity index is 69.4. The highest BCUT2D eigenvalue weighted by Crippen LogP contribution is 2.17. The van der Waals surface area contributed by atoms with Gasteiger partial charge < -0.3 is 10.2 Å². The van der Waals surface area contributed by atoms with Gasteiger partial charge in [-0.05, 0) is 29.2 Å². The summed E-state index contributed by atoms with van der Waals surface area (Å²) in [6.45, 7) is 5.20. The highest BCUT2D eigenvalue weighted by atomic mass is 31.1. The van der Waals surface area contributed by atoms with Crippen LogP contribution in [0.1, 0.15) is 13.8 Å². The third-order valence-corrected chi connectivity index (χ3v) is 2.33. The highest BCUT2D eigenvalue weighted by Gasteiger charge is 2.12. The van der Waals surface area contributed by atoms with E-state index >= 15 is 0 Å². The zero-order chi connectivity index (χ0) is 7.44. The van der Waals surface area contributed by atoms with E-state index in [-0.39, 0.29) is 0 Å². The van der Waals surface area contributed by atoms with Gasteiger partial charge in [0, 0.05) is 0 Å². The summed E-state index contributed by atoms with van der Waals surface area (Å²) in [7, 11) is 0.443. The highest BCUT2D eigenvalue weighted by molar-refractivity contribution is 7.34. The quantitative estimate of drug-likeness (QED) is 0.447. The van der Waals surface area contributed by atoms with Crippen LogP contribution in [0.25, 0.3) is 0 Å². The van der Waals surface area contributed by atoms with Crippen LogP contribution in [0.15, 0.2) is 0 Å². The smallest absolute Gasteiger partial charge is 0.109 e. The van der Waals surface area contributed by atoms with E-state index in [1.165, 1.54) is 0 Å². The fraction of sp³-hybridized carbons (Fsp3) is 1.00. The predicted octanol–water partition coefficient (Wildman–Crippen LogP) is 0.188. The van der Waals surface area contributed by atoms with Gasteiger partial charge in [-0.1, -0.05) is 0 Å². The van der Waals surface area contributed by atoms with Crippen LogP contribution in [0.5, 0.6) is 0 Å². The zero-order valence-corrected chi connectivity index (χ0v) is 7.00. The lowest BCUT2D eigenvalue weighted by molar-refractivity contribution is -0.0191. The molecule has 0 aromatic carbocycles. The predicted molar refractivity (Wildman–Crippen MR) is 39.4 cm³/mol. The fourth-order valence-electron chi connectivity index (χ4n) is 0.686. The van der Waals surface area contributed by atoms with Crippen molar-refractivity contribution in [2.75, 3.05) is 6.66 Å². The number of rotatable bonds is 3. The summed E-state index contributed by atoms with van der Waals surface area (Å²) in [5, 5.41) is 17.9. The Hall–Kier alpha value is 0.310. The molecule has 2 N–H and O–H groups in total. The summed E-state index contributed by atoms with van der Waals surface area (Å²) < 4.78 is 1.60. The Balaban J connectivity index is 3.68. The maximum atomic E-state index is 8.96. The van der Waals surface area contributed by atoms with Gasteiger partial charge in [0.15, 0.2) is 0 Å². The van der Waals surface area contributed by atoms with Crippen LogP contribution in [0.4, 0.5) is 0 Å². The van der Waals surface area contributed by atoms with Crippen molar-refractivity contribution in [3.8, 4) is 0 Å². The molecule has 56 valence electrons. The van der Waals surface area contributed by atoms with Crippen molar-refractivity contribution in [3.63, 3.8) is 0 Å². The summed E-state index contributed by atoms with van der Waals surface area (Å²) in [5.41, 5.74) is 0. The average molecular weight is 151 g/mol. The van der Waals surface area contributed by atoms with E-state index in [1.807, 2.05) is 6.66 Å². The Morgan fingerprint density at radius 2 is 1.56 bits per heavy atom. The lowest BCUT2D eigenvalue weighted by atomic mass is 10.6. The topological polar surface area (TPSA) is 43.7 Å². The SMILES string of the molecule is CPN(C(C)O)C(C)O. The van der Waals surface area contributed by atoms with Crippen molar-refractivity contribution in [1.82, 2.24) is 4.67 Å². The van der Waals surface area contributed by atoms with Gasteiger partial charge in [-0.3, -0.25) is 0 Å². The first kappa shape index (κ1) is 9.31. The van der Waals surface area contributed by atoms with Crippen molar-refractivity contribution in [2.24, 2.45) is 0 Å². The van der Waals surface area contributed by atoms with Gasteiger partial charge >= 0.3 is 0 Å². The van der Waals surface area contributed by atoms with E-state index in [4.69, 9.17) is 10.2 Å². The van der Waals surface area contributed by atoms with Gasteiger partial charge in [0.2, 0.25) is 0 Å². The lowest BCUT2D eigenvalue weighted by Gasteiger charge is -2.25. The first-order valence-corrected chi connectivity index (χ1v) is 4.36. The summed E-state index contributed by atoms with van der Waals surface area (Å²) in [6.07, 6.45) is -1.10. The molecule has 0 aromatic rings. The van der Waals surface area contributed by atoms with E-state index in [9.17, 15) is 0 Å². The first-order chi connectivity index (χ1) is 4.09. The molecule has 0 amide bonds. The molecular weight excluding hydrogens is 137 g/mol. The Morgan fingerprint density at radius 3 is 1.56 bits per heavy atom. The van der Waals surface area contributed by atoms with E-state index in [0.717, 1.165) is 0 Å². The number of aliphatic hydroxyl groups excluding tert-OH is 2. The Morgan fingerprint density at radius 1 is 1.22 bits per heavy atom. The third kappa shape index (κ3) is 3.11. The molecule has 0 rings (SSSR count). The Kier molecular flexibility index (Phi) is 4.32. The van der Waals surface area contributed by atoms with Gasteiger partial charge in [-0.2, -0.15) is 0 Å². The van der Waals surface area contributed by atoms with E-state index < -0.39 is 12.5 Å². The number of hydrogen-bond acceptors (Lipinski definition) is 3. The van der Waals surface area contributed by atoms with Crippen molar-refractivity contribution >= 4 is 8.73 Å². The van der Waals surface area contributed by atoms with Crippen LogP contribution in [0, 0.1) is 0 Å². The second-order valence-corrected chi connectivity index (χ2v) is 2.86. The molecule has 0 spiro atoms. The van der Waals surface area contributed by atoms with Crippen LogP contribution < -0.4 is 0 Å². The second-order valence-electron chi connectivity index (χ2n) is 1.89. The molecule has 0 heterocycles. The largest absolute Gasteiger partial charge is 0.378 e. The van der Waals surface area contributed by atoms with Crippen molar-refractivity contribution in [1.29, 1.82) is 0 Å². The molecule has 0 bridgehead atoms. The molecule has 3 nitrogen and oxygen atoms in total. The first-order valence-electron chi connectivity index (χ1n) is 2.91. The molecule has 0 aliphatic rings. The average Bonchev–Trinajstić information content (AvgIpc) is 1.64. The zero-order valence-electron chi connectivity index (χ0n) is 6.00. The molecule has 0 fully saturated rings. The van der Waals surface area contributed by atoms with Gasteiger partial charge in [-0.15, -0.1) is 0 Å². The van der Waals surface area contributed by atoms with Gasteiger partial charge in [-0.25, -0.2) is 4.67 Å². The van der Waals surface area contributed by atoms with E-state index in [0.29, 0.717) is 8.73 Å². The van der Waals surface area contributed by atoms with E-state index in [1.54, 1.807) is 18.5 Å². The van der Waals surface area contributed by atoms with Crippen molar-refractivity contribution < 1.29 is 10.2 Å². The molecule has 0 aliphatic carbocycles. The standard InChI is InChI=1S/C5H14NO2P/c1-4(7)6(9-3)5(2)8/h4-5,7-9H,1-3H3. The monoisotopic (exact) mass is 151 g/mol. The molecule has 0 radical (unpaired) electrons. The molecule has 0 aromatic heterocycles. The minimum absolute atomic E-state index is 0.443. The number of aliphatic hydroxyl groups is 2. The third-order valence-electron chi connectivity index (χ3n) is 1.06. The summed E-state index contributed by atoms with van der Waals surface area (Å²) in [5.74, 6) is 0. The second kappa shape index (κ2) is 4.18. The van der Waals surface area contributed by atoms with Gasteiger partial charge in [0.05, 0.1) is 0 Å². The summed E-state index contributed by atoms with van der Waals surface area (Å²) in [4.78, 5) is 0. The summed E-state index contributed by atoms with van der Waals surface area (Å²) in [6, 6.07) is 0. The van der Waals surface area contributed by atoms with Crippen LogP contribution in [-0.4, -0.2) is 34.0 Å². The summed E-state index contributed by atoms with van der Waals surface area (Å²) >= 11 is 0. The van der Waals surface area contributed by atoms with Gasteiger partial charge in [0.1, 0.15) is 12.5 Å². The molecule has 0 saturated heterocycles. The molecular formula is C5H14NO2P. The fourth-order valence-corrected chi connectivity index (χ4v) is 1.43. The number of nitrogens with zero attached hydrogens (tertiary/aromatic N) is 1. The molecule has 9 heavy (non-hydrogen) atoms. The minimum atomic E-state index is -0.548. The maximum Gasteiger partial charge on any atom is 0.109 e. The molecule has 0 saturated carbocycles. The lowest BCUT2D eigenvalue weighted by Crippen LogP contribution is -2.32. The van der Waals surface area contributed by atoms with Crippen molar-refractivity contribution in [3.05, 3.63) is 0 Å². The van der Waals surface area contributed by atoms with Crippen LogP contribution >= 0.6 is 8.73 Å². The molecule has 3 unspecified atom stereocenters. The number of hydrogen-bond donors (Lipinski definition) is 2. The molecule has 0 aliphatic heterocycles. The minimum Gasteiger partial charge on any atom is -0.378 e. The normalized spacial score (nSPS) is 19.3. The van der Waals surface area contributed by atoms with Gasteiger partial charge in [0.25, 0.3) is 0 Å². The molecule has 4 heteroatoms. The molecule has 3 atom stereocenters. The van der Waals surface area contributed by atoms with Crippen molar-refractivity contribution in [2.45, 2.75) is 26.3 Å². The van der Waals surface area contributed by atoms with Crippen LogP contribution in [-0.2, 0) is 0 Å². The van der Waals surface area contributed by atoms with Crippen LogP contribution in [0.3, 0.4) is 0 Å². The van der Waals surface area contributed by atoms with E-state index in [2.05, 4.69) is 0 Å². The maximum absolute atomic E-state index is 8.96. The van der Waals surface area contributed by atoms with Crippen LogP contribution in [0.2, 0.25) is 0 Å². The Labute approximate surface area is 57.5 Å².